The number of hydrogen-bond acceptors (Lipinski definition) is 6. The van der Waals surface area contributed by atoms with Gasteiger partial charge in [-0.05, 0) is 96.3 Å². The summed E-state index contributed by atoms with van der Waals surface area (Å²) in [4.78, 5) is 38.0. The molecule has 0 aromatic rings. The highest BCUT2D eigenvalue weighted by molar-refractivity contribution is 5.71. The Hall–Kier alpha value is -3.67. The number of hydrogen-bond donors (Lipinski definition) is 0. The van der Waals surface area contributed by atoms with Gasteiger partial charge < -0.3 is 14.2 Å². The molecule has 0 saturated carbocycles. The zero-order valence-corrected chi connectivity index (χ0v) is 47.2. The van der Waals surface area contributed by atoms with Crippen molar-refractivity contribution in [3.8, 4) is 0 Å². The predicted octanol–water partition coefficient (Wildman–Crippen LogP) is 20.5. The molecule has 0 aromatic carbocycles. The highest BCUT2D eigenvalue weighted by Crippen LogP contribution is 2.16. The minimum absolute atomic E-state index is 0.0803. The third-order valence-corrected chi connectivity index (χ3v) is 12.8. The quantitative estimate of drug-likeness (QED) is 0.0261. The zero-order chi connectivity index (χ0) is 52.2. The summed E-state index contributed by atoms with van der Waals surface area (Å²) in [5.41, 5.74) is 0. The summed E-state index contributed by atoms with van der Waals surface area (Å²) in [5, 5.41) is 0. The molecule has 0 bridgehead atoms. The van der Waals surface area contributed by atoms with E-state index in [0.29, 0.717) is 19.3 Å². The Labute approximate surface area is 445 Å². The average Bonchev–Trinajstić information content (AvgIpc) is 3.38. The molecule has 1 unspecified atom stereocenters. The van der Waals surface area contributed by atoms with Crippen molar-refractivity contribution in [3.05, 3.63) is 97.2 Å². The highest BCUT2D eigenvalue weighted by atomic mass is 16.6. The van der Waals surface area contributed by atoms with E-state index in [4.69, 9.17) is 14.2 Å². The molecule has 6 nitrogen and oxygen atoms in total. The van der Waals surface area contributed by atoms with E-state index in [1.807, 2.05) is 0 Å². The fourth-order valence-electron chi connectivity index (χ4n) is 8.31. The molecule has 0 spiro atoms. The minimum atomic E-state index is -0.780. The van der Waals surface area contributed by atoms with Crippen molar-refractivity contribution >= 4 is 17.9 Å². The van der Waals surface area contributed by atoms with Crippen molar-refractivity contribution in [2.75, 3.05) is 13.2 Å². The van der Waals surface area contributed by atoms with E-state index in [0.717, 1.165) is 128 Å². The summed E-state index contributed by atoms with van der Waals surface area (Å²) in [6, 6.07) is 0. The summed E-state index contributed by atoms with van der Waals surface area (Å²) in [7, 11) is 0. The van der Waals surface area contributed by atoms with Crippen LogP contribution in [0.15, 0.2) is 97.2 Å². The van der Waals surface area contributed by atoms with Crippen molar-refractivity contribution in [1.82, 2.24) is 0 Å². The molecular formula is C66H112O6. The van der Waals surface area contributed by atoms with Crippen LogP contribution in [0, 0.1) is 0 Å². The van der Waals surface area contributed by atoms with E-state index in [1.54, 1.807) is 0 Å². The topological polar surface area (TPSA) is 78.9 Å². The molecule has 412 valence electrons. The van der Waals surface area contributed by atoms with Crippen LogP contribution in [-0.4, -0.2) is 37.2 Å². The molecule has 0 amide bonds. The first kappa shape index (κ1) is 68.3. The second-order valence-electron chi connectivity index (χ2n) is 19.9. The van der Waals surface area contributed by atoms with Crippen LogP contribution in [0.5, 0.6) is 0 Å². The van der Waals surface area contributed by atoms with Crippen molar-refractivity contribution in [1.29, 1.82) is 0 Å². The molecule has 0 radical (unpaired) electrons. The SMILES string of the molecule is CC/C=C\C/C=C\C/C=C\C/C=C\C/C=C\C/C=C\CCCCCCCCCCCCCCCCC(=O)OCC(COC(=O)CCCCCCCCCC)OC(=O)CCCCCCC/C=C\C/C=C\CCC. The molecule has 0 aliphatic carbocycles. The van der Waals surface area contributed by atoms with Crippen LogP contribution in [0.2, 0.25) is 0 Å². The van der Waals surface area contributed by atoms with Gasteiger partial charge in [0.15, 0.2) is 6.10 Å². The van der Waals surface area contributed by atoms with E-state index < -0.39 is 6.10 Å². The van der Waals surface area contributed by atoms with Crippen molar-refractivity contribution in [3.63, 3.8) is 0 Å². The third kappa shape index (κ3) is 57.2. The van der Waals surface area contributed by atoms with Gasteiger partial charge in [-0.15, -0.1) is 0 Å². The van der Waals surface area contributed by atoms with Gasteiger partial charge in [0.1, 0.15) is 13.2 Å². The van der Waals surface area contributed by atoms with E-state index in [9.17, 15) is 14.4 Å². The third-order valence-electron chi connectivity index (χ3n) is 12.8. The monoisotopic (exact) mass is 1000 g/mol. The largest absolute Gasteiger partial charge is 0.462 e. The van der Waals surface area contributed by atoms with Crippen LogP contribution in [0.3, 0.4) is 0 Å². The molecule has 0 rings (SSSR count). The lowest BCUT2D eigenvalue weighted by Crippen LogP contribution is -2.30. The number of rotatable bonds is 54. The summed E-state index contributed by atoms with van der Waals surface area (Å²) < 4.78 is 16.8. The van der Waals surface area contributed by atoms with Crippen LogP contribution in [0.4, 0.5) is 0 Å². The Kier molecular flexibility index (Phi) is 56.8. The zero-order valence-electron chi connectivity index (χ0n) is 47.2. The lowest BCUT2D eigenvalue weighted by atomic mass is 10.0. The Morgan fingerprint density at radius 2 is 0.569 bits per heavy atom. The predicted molar refractivity (Wildman–Crippen MR) is 311 cm³/mol. The van der Waals surface area contributed by atoms with Gasteiger partial charge in [0.2, 0.25) is 0 Å². The van der Waals surface area contributed by atoms with E-state index in [1.165, 1.54) is 116 Å². The van der Waals surface area contributed by atoms with Gasteiger partial charge in [-0.3, -0.25) is 14.4 Å². The van der Waals surface area contributed by atoms with Gasteiger partial charge >= 0.3 is 17.9 Å². The van der Waals surface area contributed by atoms with Gasteiger partial charge in [-0.1, -0.05) is 266 Å². The molecule has 0 aromatic heterocycles. The van der Waals surface area contributed by atoms with E-state index >= 15 is 0 Å². The first-order chi connectivity index (χ1) is 35.5. The number of allylic oxidation sites excluding steroid dienone is 16. The molecule has 0 aliphatic rings. The normalized spacial score (nSPS) is 12.8. The van der Waals surface area contributed by atoms with E-state index in [2.05, 4.69) is 118 Å². The number of carbonyl (C=O) groups is 3. The van der Waals surface area contributed by atoms with Crippen LogP contribution in [0.1, 0.15) is 284 Å². The second kappa shape index (κ2) is 59.9. The van der Waals surface area contributed by atoms with Gasteiger partial charge in [0, 0.05) is 19.3 Å². The fourth-order valence-corrected chi connectivity index (χ4v) is 8.31. The smallest absolute Gasteiger partial charge is 0.306 e. The summed E-state index contributed by atoms with van der Waals surface area (Å²) in [5.74, 6) is -0.895. The Balaban J connectivity index is 4.06. The maximum absolute atomic E-state index is 12.8. The number of unbranched alkanes of at least 4 members (excludes halogenated alkanes) is 27. The molecule has 0 saturated heterocycles. The molecule has 0 N–H and O–H groups in total. The Bertz CT molecular complexity index is 1430. The summed E-state index contributed by atoms with van der Waals surface area (Å²) in [6.07, 6.45) is 80.1. The lowest BCUT2D eigenvalue weighted by molar-refractivity contribution is -0.167. The van der Waals surface area contributed by atoms with Gasteiger partial charge in [-0.25, -0.2) is 0 Å². The maximum atomic E-state index is 12.8. The van der Waals surface area contributed by atoms with Gasteiger partial charge in [-0.2, -0.15) is 0 Å². The molecule has 1 atom stereocenters. The average molecular weight is 1000 g/mol. The second-order valence-corrected chi connectivity index (χ2v) is 19.9. The number of ether oxygens (including phenoxy) is 3. The van der Waals surface area contributed by atoms with Gasteiger partial charge in [0.25, 0.3) is 0 Å². The Morgan fingerprint density at radius 1 is 0.292 bits per heavy atom. The summed E-state index contributed by atoms with van der Waals surface area (Å²) in [6.45, 7) is 6.43. The lowest BCUT2D eigenvalue weighted by Gasteiger charge is -2.18. The fraction of sp³-hybridized carbons (Fsp3) is 0.712. The molecule has 0 fully saturated rings. The maximum Gasteiger partial charge on any atom is 0.306 e. The van der Waals surface area contributed by atoms with Crippen LogP contribution in [0.25, 0.3) is 0 Å². The standard InChI is InChI=1S/C66H112O6/c1-4-7-10-13-16-19-21-23-24-25-26-27-28-29-30-31-32-33-34-35-36-37-38-39-40-41-42-44-45-47-50-53-56-59-65(68)71-62-63(61-70-64(67)58-55-52-49-18-15-12-9-6-3)72-66(69)60-57-54-51-48-46-43-22-20-17-14-11-8-5-2/h7,10-11,14,16,19-20,22-24,26-27,29-30,32-33,63H,4-6,8-9,12-13,15,17-18,21,25,28,31,34-62H2,1-3H3/b10-7-,14-11-,19-16-,22-20-,24-23-,27-26-,30-29-,33-32-. The van der Waals surface area contributed by atoms with Crippen molar-refractivity contribution in [2.24, 2.45) is 0 Å². The van der Waals surface area contributed by atoms with E-state index in [-0.39, 0.29) is 31.1 Å². The minimum Gasteiger partial charge on any atom is -0.462 e. The molecular weight excluding hydrogens is 889 g/mol. The van der Waals surface area contributed by atoms with Crippen molar-refractivity contribution < 1.29 is 28.6 Å². The van der Waals surface area contributed by atoms with Crippen LogP contribution >= 0.6 is 0 Å². The van der Waals surface area contributed by atoms with Crippen LogP contribution in [-0.2, 0) is 28.6 Å². The molecule has 72 heavy (non-hydrogen) atoms. The molecule has 0 aliphatic heterocycles. The number of carbonyl (C=O) groups excluding carboxylic acids is 3. The first-order valence-corrected chi connectivity index (χ1v) is 30.2. The van der Waals surface area contributed by atoms with Gasteiger partial charge in [0.05, 0.1) is 0 Å². The number of esters is 3. The molecule has 6 heteroatoms. The highest BCUT2D eigenvalue weighted by Gasteiger charge is 2.19. The summed E-state index contributed by atoms with van der Waals surface area (Å²) >= 11 is 0. The van der Waals surface area contributed by atoms with Crippen molar-refractivity contribution in [2.45, 2.75) is 290 Å². The Morgan fingerprint density at radius 3 is 0.903 bits per heavy atom. The van der Waals surface area contributed by atoms with Crippen LogP contribution < -0.4 is 0 Å². The first-order valence-electron chi connectivity index (χ1n) is 30.2. The molecule has 0 heterocycles.